The summed E-state index contributed by atoms with van der Waals surface area (Å²) >= 11 is 0. The van der Waals surface area contributed by atoms with Crippen LogP contribution in [-0.2, 0) is 0 Å². The third-order valence-corrected chi connectivity index (χ3v) is 15.1. The highest BCUT2D eigenvalue weighted by atomic mass is 16.3. The SMILES string of the molecule is c1ccc(-n2c3ccccc3c3c4c(ccc32)C2c3ccccc3C4c3c2ccc2c3c3ccccc3n2-c2cccc3c2oc2ccccc23)c(-c2cccc3c2oc2ccccc23)c1. The number of fused-ring (bicyclic) bond motifs is 12. The lowest BCUT2D eigenvalue weighted by Gasteiger charge is -2.43. The van der Waals surface area contributed by atoms with Crippen molar-refractivity contribution in [2.75, 3.05) is 0 Å². The van der Waals surface area contributed by atoms with E-state index in [2.05, 4.69) is 209 Å². The zero-order valence-electron chi connectivity index (χ0n) is 35.5. The Balaban J connectivity index is 0.993. The molecule has 4 heteroatoms. The van der Waals surface area contributed by atoms with Gasteiger partial charge in [-0.15, -0.1) is 0 Å². The van der Waals surface area contributed by atoms with Crippen LogP contribution in [0.25, 0.3) is 110 Å². The van der Waals surface area contributed by atoms with E-state index < -0.39 is 0 Å². The molecule has 2 unspecified atom stereocenters. The molecule has 66 heavy (non-hydrogen) atoms. The lowest BCUT2D eigenvalue weighted by Crippen LogP contribution is -2.28. The Morgan fingerprint density at radius 2 is 0.742 bits per heavy atom. The van der Waals surface area contributed by atoms with E-state index in [4.69, 9.17) is 8.83 Å². The van der Waals surface area contributed by atoms with E-state index >= 15 is 0 Å². The van der Waals surface area contributed by atoms with Crippen LogP contribution in [0.2, 0.25) is 0 Å². The number of rotatable bonds is 3. The highest BCUT2D eigenvalue weighted by Gasteiger charge is 2.44. The first-order chi connectivity index (χ1) is 32.8. The van der Waals surface area contributed by atoms with Crippen molar-refractivity contribution in [3.8, 4) is 22.5 Å². The minimum absolute atomic E-state index is 0.00338. The molecule has 2 atom stereocenters. The first kappa shape index (κ1) is 34.8. The van der Waals surface area contributed by atoms with Gasteiger partial charge in [-0.05, 0) is 81.9 Å². The van der Waals surface area contributed by atoms with Gasteiger partial charge in [0.2, 0.25) is 0 Å². The van der Waals surface area contributed by atoms with Crippen LogP contribution in [0.5, 0.6) is 0 Å². The van der Waals surface area contributed by atoms with E-state index in [0.717, 1.165) is 66.4 Å². The van der Waals surface area contributed by atoms with E-state index in [1.165, 1.54) is 77.0 Å². The van der Waals surface area contributed by atoms with Gasteiger partial charge in [-0.25, -0.2) is 0 Å². The maximum absolute atomic E-state index is 6.73. The predicted molar refractivity (Wildman–Crippen MR) is 270 cm³/mol. The standard InChI is InChI=1S/C62H36N2O2/c1-2-19-39-38(18-1)55-45-31-33-50-56(43-20-4-9-26-48(43)63(50)47-25-8-3-15-35(47)40-22-13-23-41-36-16-6-11-29-53(36)65-61(40)41)59(45)58(39)60-46(55)32-34-51-57(60)44-21-5-10-27-49(44)64(51)52-28-14-24-42-37-17-7-12-30-54(37)66-62(42)52/h1-34,55,58H. The molecule has 2 bridgehead atoms. The van der Waals surface area contributed by atoms with E-state index in [1.54, 1.807) is 0 Å². The Hall–Kier alpha value is -8.60. The number of hydrogen-bond donors (Lipinski definition) is 0. The molecule has 14 aromatic rings. The molecule has 0 amide bonds. The van der Waals surface area contributed by atoms with Crippen molar-refractivity contribution >= 4 is 87.5 Å². The summed E-state index contributed by atoms with van der Waals surface area (Å²) in [5.41, 5.74) is 21.2. The molecule has 0 fully saturated rings. The summed E-state index contributed by atoms with van der Waals surface area (Å²) in [4.78, 5) is 0. The molecule has 3 aliphatic carbocycles. The van der Waals surface area contributed by atoms with Gasteiger partial charge in [-0.1, -0.05) is 158 Å². The molecule has 10 aromatic carbocycles. The number of nitrogens with zero attached hydrogens (tertiary/aromatic N) is 2. The summed E-state index contributed by atoms with van der Waals surface area (Å²) in [6.07, 6.45) is 0. The average molecular weight is 841 g/mol. The second kappa shape index (κ2) is 12.6. The number of hydrogen-bond acceptors (Lipinski definition) is 2. The predicted octanol–water partition coefficient (Wildman–Crippen LogP) is 16.3. The molecule has 3 aliphatic rings. The van der Waals surface area contributed by atoms with Crippen LogP contribution in [0.15, 0.2) is 215 Å². The third-order valence-electron chi connectivity index (χ3n) is 15.1. The first-order valence-electron chi connectivity index (χ1n) is 22.9. The molecule has 4 aromatic heterocycles. The molecule has 0 radical (unpaired) electrons. The summed E-state index contributed by atoms with van der Waals surface area (Å²) in [6.45, 7) is 0. The molecule has 0 saturated heterocycles. The van der Waals surface area contributed by atoms with Gasteiger partial charge < -0.3 is 18.0 Å². The van der Waals surface area contributed by atoms with Gasteiger partial charge in [-0.2, -0.15) is 0 Å². The topological polar surface area (TPSA) is 36.1 Å². The Morgan fingerprint density at radius 1 is 0.288 bits per heavy atom. The highest BCUT2D eigenvalue weighted by molar-refractivity contribution is 6.18. The zero-order valence-corrected chi connectivity index (χ0v) is 35.5. The highest BCUT2D eigenvalue weighted by Crippen LogP contribution is 2.61. The summed E-state index contributed by atoms with van der Waals surface area (Å²) in [5, 5.41) is 9.68. The van der Waals surface area contributed by atoms with Crippen molar-refractivity contribution < 1.29 is 8.83 Å². The minimum atomic E-state index is 0.00338. The molecule has 17 rings (SSSR count). The molecular formula is C62H36N2O2. The van der Waals surface area contributed by atoms with E-state index in [0.29, 0.717) is 0 Å². The fourth-order valence-corrected chi connectivity index (χ4v) is 12.6. The normalized spacial score (nSPS) is 15.3. The Morgan fingerprint density at radius 3 is 1.41 bits per heavy atom. The fourth-order valence-electron chi connectivity index (χ4n) is 12.6. The van der Waals surface area contributed by atoms with Gasteiger partial charge in [0.1, 0.15) is 16.7 Å². The molecule has 306 valence electrons. The maximum atomic E-state index is 6.73. The van der Waals surface area contributed by atoms with Crippen molar-refractivity contribution in [2.45, 2.75) is 11.8 Å². The first-order valence-corrected chi connectivity index (χ1v) is 22.9. The molecule has 0 spiro atoms. The Labute approximate surface area is 377 Å². The lowest BCUT2D eigenvalue weighted by molar-refractivity contribution is 0.666. The van der Waals surface area contributed by atoms with Gasteiger partial charge in [0.05, 0.1) is 33.4 Å². The van der Waals surface area contributed by atoms with Crippen molar-refractivity contribution in [1.29, 1.82) is 0 Å². The Bertz CT molecular complexity index is 4440. The summed E-state index contributed by atoms with van der Waals surface area (Å²) in [5.74, 6) is 0.0923. The summed E-state index contributed by atoms with van der Waals surface area (Å²) in [7, 11) is 0. The van der Waals surface area contributed by atoms with Crippen LogP contribution in [0.3, 0.4) is 0 Å². The smallest absolute Gasteiger partial charge is 0.159 e. The summed E-state index contributed by atoms with van der Waals surface area (Å²) in [6, 6.07) is 75.6. The quantitative estimate of drug-likeness (QED) is 0.178. The van der Waals surface area contributed by atoms with Gasteiger partial charge in [0.15, 0.2) is 5.58 Å². The number of para-hydroxylation sites is 7. The van der Waals surface area contributed by atoms with Crippen LogP contribution in [0.1, 0.15) is 45.2 Å². The molecule has 4 nitrogen and oxygen atoms in total. The number of benzene rings is 10. The van der Waals surface area contributed by atoms with E-state index in [9.17, 15) is 0 Å². The second-order valence-electron chi connectivity index (χ2n) is 18.2. The van der Waals surface area contributed by atoms with Crippen molar-refractivity contribution in [1.82, 2.24) is 9.13 Å². The number of aromatic nitrogens is 2. The minimum Gasteiger partial charge on any atom is -0.455 e. The monoisotopic (exact) mass is 840 g/mol. The van der Waals surface area contributed by atoms with Crippen LogP contribution < -0.4 is 0 Å². The molecule has 0 aliphatic heterocycles. The molecule has 4 heterocycles. The van der Waals surface area contributed by atoms with Gasteiger partial charge in [0.25, 0.3) is 0 Å². The van der Waals surface area contributed by atoms with Gasteiger partial charge in [0, 0.05) is 66.1 Å². The van der Waals surface area contributed by atoms with Gasteiger partial charge >= 0.3 is 0 Å². The fraction of sp³-hybridized carbons (Fsp3) is 0.0323. The third kappa shape index (κ3) is 4.29. The van der Waals surface area contributed by atoms with E-state index in [-0.39, 0.29) is 11.8 Å². The average Bonchev–Trinajstić information content (AvgIpc) is 4.14. The number of furan rings is 2. The Kier molecular flexibility index (Phi) is 6.63. The molecule has 0 N–H and O–H groups in total. The second-order valence-corrected chi connectivity index (χ2v) is 18.2. The largest absolute Gasteiger partial charge is 0.455 e. The van der Waals surface area contributed by atoms with Crippen molar-refractivity contribution in [3.63, 3.8) is 0 Å². The lowest BCUT2D eigenvalue weighted by atomic mass is 9.59. The van der Waals surface area contributed by atoms with E-state index in [1.807, 2.05) is 6.07 Å². The van der Waals surface area contributed by atoms with Crippen LogP contribution in [0.4, 0.5) is 0 Å². The van der Waals surface area contributed by atoms with Gasteiger partial charge in [-0.3, -0.25) is 0 Å². The van der Waals surface area contributed by atoms with Crippen LogP contribution >= 0.6 is 0 Å². The maximum Gasteiger partial charge on any atom is 0.159 e. The zero-order chi connectivity index (χ0) is 42.8. The van der Waals surface area contributed by atoms with Crippen molar-refractivity contribution in [2.24, 2.45) is 0 Å². The van der Waals surface area contributed by atoms with Crippen LogP contribution in [0, 0.1) is 0 Å². The molecule has 0 saturated carbocycles. The summed E-state index contributed by atoms with van der Waals surface area (Å²) < 4.78 is 18.4. The van der Waals surface area contributed by atoms with Crippen LogP contribution in [-0.4, -0.2) is 9.13 Å². The molecular weight excluding hydrogens is 805 g/mol. The van der Waals surface area contributed by atoms with Crippen molar-refractivity contribution in [3.05, 3.63) is 240 Å².